The second-order valence-corrected chi connectivity index (χ2v) is 9.20. The zero-order valence-electron chi connectivity index (χ0n) is 18.6. The number of carbonyl (C=O) groups excluding carboxylic acids is 1. The number of esters is 1. The summed E-state index contributed by atoms with van der Waals surface area (Å²) in [4.78, 5) is 19.1. The molecule has 1 unspecified atom stereocenters. The van der Waals surface area contributed by atoms with Gasteiger partial charge in [-0.25, -0.2) is 4.79 Å². The fourth-order valence-corrected chi connectivity index (χ4v) is 4.23. The van der Waals surface area contributed by atoms with E-state index in [0.29, 0.717) is 5.56 Å². The molecule has 0 aromatic heterocycles. The Balaban J connectivity index is 1.83. The molecule has 30 heavy (non-hydrogen) atoms. The van der Waals surface area contributed by atoms with Gasteiger partial charge in [-0.2, -0.15) is 5.06 Å². The first-order valence-corrected chi connectivity index (χ1v) is 10.6. The summed E-state index contributed by atoms with van der Waals surface area (Å²) in [6.45, 7) is 12.8. The van der Waals surface area contributed by atoms with Gasteiger partial charge < -0.3 is 4.74 Å². The molecule has 2 aromatic carbocycles. The minimum Gasteiger partial charge on any atom is -0.459 e. The Labute approximate surface area is 180 Å². The topological polar surface area (TPSA) is 38.8 Å². The van der Waals surface area contributed by atoms with E-state index in [1.54, 1.807) is 12.1 Å². The Bertz CT molecular complexity index is 840. The van der Waals surface area contributed by atoms with Crippen molar-refractivity contribution in [2.75, 3.05) is 6.61 Å². The maximum Gasteiger partial charge on any atom is 0.338 e. The van der Waals surface area contributed by atoms with Crippen molar-refractivity contribution in [1.29, 1.82) is 0 Å². The van der Waals surface area contributed by atoms with Crippen LogP contribution in [0, 0.1) is 0 Å². The molecular formula is C26H33NO3. The van der Waals surface area contributed by atoms with Crippen molar-refractivity contribution >= 4 is 12.0 Å². The fourth-order valence-electron chi connectivity index (χ4n) is 4.23. The molecule has 1 aliphatic heterocycles. The molecular weight excluding hydrogens is 374 g/mol. The Morgan fingerprint density at radius 1 is 1.03 bits per heavy atom. The quantitative estimate of drug-likeness (QED) is 0.512. The van der Waals surface area contributed by atoms with Crippen LogP contribution in [-0.2, 0) is 9.57 Å². The summed E-state index contributed by atoms with van der Waals surface area (Å²) < 4.78 is 5.67. The summed E-state index contributed by atoms with van der Waals surface area (Å²) in [5, 5.41) is 2.12. The average Bonchev–Trinajstić information content (AvgIpc) is 2.73. The van der Waals surface area contributed by atoms with Crippen molar-refractivity contribution in [1.82, 2.24) is 5.06 Å². The maximum absolute atomic E-state index is 12.5. The molecule has 0 aliphatic carbocycles. The third-order valence-electron chi connectivity index (χ3n) is 5.83. The largest absolute Gasteiger partial charge is 0.459 e. The fraction of sp³-hybridized carbons (Fsp3) is 0.423. The van der Waals surface area contributed by atoms with E-state index in [2.05, 4.69) is 39.3 Å². The Kier molecular flexibility index (Phi) is 6.79. The minimum absolute atomic E-state index is 0.107. The number of hydrogen-bond donors (Lipinski definition) is 0. The second kappa shape index (κ2) is 9.15. The first-order valence-electron chi connectivity index (χ1n) is 10.6. The van der Waals surface area contributed by atoms with Gasteiger partial charge in [0.25, 0.3) is 0 Å². The van der Waals surface area contributed by atoms with Crippen LogP contribution < -0.4 is 0 Å². The van der Waals surface area contributed by atoms with Crippen LogP contribution in [-0.4, -0.2) is 28.7 Å². The molecule has 0 radical (unpaired) electrons. The van der Waals surface area contributed by atoms with E-state index in [0.717, 1.165) is 24.0 Å². The molecule has 0 saturated carbocycles. The van der Waals surface area contributed by atoms with Gasteiger partial charge in [-0.3, -0.25) is 4.84 Å². The van der Waals surface area contributed by atoms with Crippen molar-refractivity contribution in [3.8, 4) is 0 Å². The van der Waals surface area contributed by atoms with Gasteiger partial charge in [0.15, 0.2) is 0 Å². The summed E-state index contributed by atoms with van der Waals surface area (Å²) in [5.74, 6) is -0.343. The summed E-state index contributed by atoms with van der Waals surface area (Å²) in [6, 6.07) is 17.1. The Morgan fingerprint density at radius 3 is 2.20 bits per heavy atom. The Morgan fingerprint density at radius 2 is 1.63 bits per heavy atom. The second-order valence-electron chi connectivity index (χ2n) is 9.20. The molecule has 0 amide bonds. The molecule has 1 aliphatic rings. The summed E-state index contributed by atoms with van der Waals surface area (Å²) >= 11 is 0. The predicted octanol–water partition coefficient (Wildman–Crippen LogP) is 6.20. The van der Waals surface area contributed by atoms with Gasteiger partial charge in [0.05, 0.1) is 5.56 Å². The highest BCUT2D eigenvalue weighted by molar-refractivity contribution is 5.89. The van der Waals surface area contributed by atoms with Crippen LogP contribution in [0.1, 0.15) is 74.5 Å². The average molecular weight is 408 g/mol. The molecule has 1 fully saturated rings. The number of nitrogens with zero attached hydrogens (tertiary/aromatic N) is 1. The van der Waals surface area contributed by atoms with Crippen molar-refractivity contribution in [2.24, 2.45) is 0 Å². The van der Waals surface area contributed by atoms with Gasteiger partial charge in [-0.15, -0.1) is 0 Å². The van der Waals surface area contributed by atoms with E-state index in [1.807, 2.05) is 48.5 Å². The number of piperidine rings is 1. The normalized spacial score (nSPS) is 19.1. The lowest BCUT2D eigenvalue weighted by molar-refractivity contribution is -0.311. The molecule has 4 nitrogen and oxygen atoms in total. The van der Waals surface area contributed by atoms with E-state index < -0.39 is 6.10 Å². The van der Waals surface area contributed by atoms with Crippen molar-refractivity contribution in [3.63, 3.8) is 0 Å². The van der Waals surface area contributed by atoms with Crippen LogP contribution in [0.2, 0.25) is 0 Å². The van der Waals surface area contributed by atoms with Crippen LogP contribution >= 0.6 is 0 Å². The smallest absolute Gasteiger partial charge is 0.338 e. The van der Waals surface area contributed by atoms with Crippen molar-refractivity contribution in [3.05, 3.63) is 77.9 Å². The van der Waals surface area contributed by atoms with Gasteiger partial charge in [-0.1, -0.05) is 55.1 Å². The lowest BCUT2D eigenvalue weighted by Crippen LogP contribution is -2.58. The number of hydroxylamine groups is 2. The van der Waals surface area contributed by atoms with E-state index in [9.17, 15) is 4.79 Å². The standard InChI is InChI=1S/C26H33NO3/c1-6-20-13-15-21(16-14-20)23(19-29-24(28)22-11-8-7-9-12-22)30-27-25(2,3)17-10-18-26(27,4)5/h6-9,11-16,23H,1,10,17-19H2,2-5H3. The third-order valence-corrected chi connectivity index (χ3v) is 5.83. The molecule has 1 saturated heterocycles. The van der Waals surface area contributed by atoms with Crippen molar-refractivity contribution in [2.45, 2.75) is 64.1 Å². The monoisotopic (exact) mass is 407 g/mol. The third kappa shape index (κ3) is 5.18. The van der Waals surface area contributed by atoms with Gasteiger partial charge in [0, 0.05) is 11.1 Å². The SMILES string of the molecule is C=Cc1ccc(C(COC(=O)c2ccccc2)ON2C(C)(C)CCCC2(C)C)cc1. The number of ether oxygens (including phenoxy) is 1. The van der Waals surface area contributed by atoms with Gasteiger partial charge >= 0.3 is 5.97 Å². The summed E-state index contributed by atoms with van der Waals surface area (Å²) in [7, 11) is 0. The van der Waals surface area contributed by atoms with E-state index in [1.165, 1.54) is 6.42 Å². The molecule has 2 aromatic rings. The molecule has 0 N–H and O–H groups in total. The summed E-state index contributed by atoms with van der Waals surface area (Å²) in [5.41, 5.74) is 2.34. The first kappa shape index (κ1) is 22.3. The first-order chi connectivity index (χ1) is 14.2. The van der Waals surface area contributed by atoms with Crippen LogP contribution in [0.15, 0.2) is 61.2 Å². The highest BCUT2D eigenvalue weighted by Crippen LogP contribution is 2.40. The molecule has 1 atom stereocenters. The number of rotatable bonds is 7. The molecule has 4 heteroatoms. The predicted molar refractivity (Wildman–Crippen MR) is 121 cm³/mol. The van der Waals surface area contributed by atoms with Gasteiger partial charge in [0.1, 0.15) is 12.7 Å². The number of hydrogen-bond acceptors (Lipinski definition) is 4. The zero-order valence-corrected chi connectivity index (χ0v) is 18.6. The maximum atomic E-state index is 12.5. The lowest BCUT2D eigenvalue weighted by Gasteiger charge is -2.52. The van der Waals surface area contributed by atoms with Crippen LogP contribution in [0.25, 0.3) is 6.08 Å². The van der Waals surface area contributed by atoms with Gasteiger partial charge in [-0.05, 0) is 70.2 Å². The van der Waals surface area contributed by atoms with Gasteiger partial charge in [0.2, 0.25) is 0 Å². The van der Waals surface area contributed by atoms with Crippen molar-refractivity contribution < 1.29 is 14.4 Å². The Hall–Kier alpha value is -2.43. The van der Waals surface area contributed by atoms with E-state index in [4.69, 9.17) is 9.57 Å². The van der Waals surface area contributed by atoms with E-state index >= 15 is 0 Å². The van der Waals surface area contributed by atoms with Crippen LogP contribution in [0.3, 0.4) is 0 Å². The number of benzene rings is 2. The number of carbonyl (C=O) groups is 1. The highest BCUT2D eigenvalue weighted by atomic mass is 16.7. The van der Waals surface area contributed by atoms with Crippen LogP contribution in [0.4, 0.5) is 0 Å². The van der Waals surface area contributed by atoms with E-state index in [-0.39, 0.29) is 23.7 Å². The molecule has 0 spiro atoms. The van der Waals surface area contributed by atoms with Crippen LogP contribution in [0.5, 0.6) is 0 Å². The lowest BCUT2D eigenvalue weighted by atomic mass is 9.82. The molecule has 160 valence electrons. The molecule has 0 bridgehead atoms. The summed E-state index contributed by atoms with van der Waals surface area (Å²) in [6.07, 6.45) is 4.70. The molecule has 3 rings (SSSR count). The highest BCUT2D eigenvalue weighted by Gasteiger charge is 2.44. The molecule has 1 heterocycles. The minimum atomic E-state index is -0.395. The zero-order chi connectivity index (χ0) is 21.8.